The number of sulfonamides is 1. The van der Waals surface area contributed by atoms with Crippen LogP contribution in [0, 0.1) is 0 Å². The summed E-state index contributed by atoms with van der Waals surface area (Å²) < 4.78 is 96.2. The van der Waals surface area contributed by atoms with Gasteiger partial charge in [-0.3, -0.25) is 15.1 Å². The zero-order valence-electron chi connectivity index (χ0n) is 20.5. The monoisotopic (exact) mass is 573 g/mol. The number of hydrogen-bond donors (Lipinski definition) is 1. The lowest BCUT2D eigenvalue weighted by Crippen LogP contribution is -2.70. The van der Waals surface area contributed by atoms with Crippen molar-refractivity contribution in [2.45, 2.75) is 36.4 Å². The Morgan fingerprint density at radius 2 is 1.69 bits per heavy atom. The fourth-order valence-electron chi connectivity index (χ4n) is 4.02. The van der Waals surface area contributed by atoms with Gasteiger partial charge in [-0.15, -0.1) is 0 Å². The number of rotatable bonds is 9. The number of amidine groups is 1. The first-order valence-corrected chi connectivity index (χ1v) is 13.1. The first-order chi connectivity index (χ1) is 18.3. The summed E-state index contributed by atoms with van der Waals surface area (Å²) in [5.41, 5.74) is 1.36. The number of aliphatic imine (C=N–C) groups is 1. The van der Waals surface area contributed by atoms with Gasteiger partial charge < -0.3 is 4.84 Å². The number of nitrogens with one attached hydrogen (secondary N) is 1. The van der Waals surface area contributed by atoms with Crippen LogP contribution in [-0.2, 0) is 32.7 Å². The van der Waals surface area contributed by atoms with Crippen molar-refractivity contribution < 1.29 is 40.0 Å². The number of halogens is 5. The molecule has 0 bridgehead atoms. The summed E-state index contributed by atoms with van der Waals surface area (Å²) in [6.07, 6.45) is -5.79. The van der Waals surface area contributed by atoms with Crippen LogP contribution in [0.3, 0.4) is 0 Å². The Labute approximate surface area is 221 Å². The molecule has 0 saturated carbocycles. The van der Waals surface area contributed by atoms with E-state index in [4.69, 9.17) is 0 Å². The Hall–Kier alpha value is -3.40. The minimum atomic E-state index is -5.64. The number of alkyl halides is 3. The maximum absolute atomic E-state index is 14.8. The Morgan fingerprint density at radius 1 is 1.08 bits per heavy atom. The number of benzene rings is 2. The molecule has 2 heterocycles. The molecule has 1 unspecified atom stereocenters. The Morgan fingerprint density at radius 3 is 2.28 bits per heavy atom. The van der Waals surface area contributed by atoms with Gasteiger partial charge in [0, 0.05) is 30.7 Å². The molecule has 210 valence electrons. The number of hydroxylamine groups is 1. The van der Waals surface area contributed by atoms with Gasteiger partial charge >= 0.3 is 12.1 Å². The number of likely N-dealkylation sites (N-methyl/N-ethyl adjacent to an activating group) is 1. The third kappa shape index (κ3) is 5.95. The van der Waals surface area contributed by atoms with E-state index < -0.39 is 49.4 Å². The van der Waals surface area contributed by atoms with Gasteiger partial charge in [0.15, 0.2) is 0 Å². The first-order valence-electron chi connectivity index (χ1n) is 11.6. The Bertz CT molecular complexity index is 1380. The van der Waals surface area contributed by atoms with E-state index in [0.29, 0.717) is 23.1 Å². The van der Waals surface area contributed by atoms with Crippen molar-refractivity contribution >= 4 is 22.1 Å². The van der Waals surface area contributed by atoms with Gasteiger partial charge in [0.2, 0.25) is 11.7 Å². The summed E-state index contributed by atoms with van der Waals surface area (Å²) in [5, 5.41) is 2.62. The van der Waals surface area contributed by atoms with Crippen molar-refractivity contribution in [2.24, 2.45) is 4.99 Å². The molecule has 2 aromatic rings. The largest absolute Gasteiger partial charge is 0.492 e. The topological polar surface area (TPSA) is 94.6 Å². The molecule has 0 aliphatic carbocycles. The molecule has 2 aromatic carbocycles. The van der Waals surface area contributed by atoms with Crippen LogP contribution in [0.2, 0.25) is 0 Å². The van der Waals surface area contributed by atoms with Gasteiger partial charge in [0.25, 0.3) is 16.1 Å². The quantitative estimate of drug-likeness (QED) is 0.213. The van der Waals surface area contributed by atoms with Crippen LogP contribution in [0.5, 0.6) is 0 Å². The molecule has 1 atom stereocenters. The minimum Gasteiger partial charge on any atom is -0.341 e. The highest BCUT2D eigenvalue weighted by Crippen LogP contribution is 2.34. The third-order valence-corrected chi connectivity index (χ3v) is 7.90. The summed E-state index contributed by atoms with van der Waals surface area (Å²) >= 11 is 0. The van der Waals surface area contributed by atoms with Crippen molar-refractivity contribution in [3.05, 3.63) is 77.8 Å². The van der Waals surface area contributed by atoms with E-state index in [1.165, 1.54) is 18.2 Å². The van der Waals surface area contributed by atoms with E-state index in [0.717, 1.165) is 44.3 Å². The molecule has 0 aromatic heterocycles. The maximum Gasteiger partial charge on any atom is 0.492 e. The fourth-order valence-corrected chi connectivity index (χ4v) is 5.48. The molecule has 39 heavy (non-hydrogen) atoms. The SMILES string of the molecule is CN1C(F)=NC(F)=CC1(NCc1ccccc1CN1CCC1)N(OC(=O)C(F)(F)F)S(=O)(=O)c1ccccc1. The predicted octanol–water partition coefficient (Wildman–Crippen LogP) is 3.43. The van der Waals surface area contributed by atoms with E-state index in [9.17, 15) is 35.2 Å². The lowest BCUT2D eigenvalue weighted by Gasteiger charge is -2.45. The van der Waals surface area contributed by atoms with E-state index in [-0.39, 0.29) is 6.54 Å². The second-order valence-electron chi connectivity index (χ2n) is 8.81. The van der Waals surface area contributed by atoms with Crippen LogP contribution in [0.25, 0.3) is 0 Å². The molecular weight excluding hydrogens is 549 g/mol. The van der Waals surface area contributed by atoms with E-state index in [2.05, 4.69) is 20.0 Å². The summed E-state index contributed by atoms with van der Waals surface area (Å²) in [5.74, 6) is -7.33. The molecule has 1 fully saturated rings. The van der Waals surface area contributed by atoms with Gasteiger partial charge in [-0.25, -0.2) is 13.2 Å². The highest BCUT2D eigenvalue weighted by atomic mass is 32.2. The number of carbonyl (C=O) groups excluding carboxylic acids is 1. The molecule has 2 aliphatic heterocycles. The van der Waals surface area contributed by atoms with Crippen molar-refractivity contribution in [1.82, 2.24) is 19.6 Å². The zero-order valence-corrected chi connectivity index (χ0v) is 21.3. The summed E-state index contributed by atoms with van der Waals surface area (Å²) in [7, 11) is -4.27. The third-order valence-electron chi connectivity index (χ3n) is 6.24. The predicted molar refractivity (Wildman–Crippen MR) is 129 cm³/mol. The highest BCUT2D eigenvalue weighted by Gasteiger charge is 2.55. The standard InChI is InChI=1S/C24H24F5N5O4S/c1-32-22(26)31-20(25)14-23(32,30-15-17-8-5-6-9-18(17)16-33-12-7-13-33)34(38-21(35)24(27,28)29)39(36,37)19-10-3-2-4-11-19/h2-6,8-11,14,30H,7,12-13,15-16H2,1H3. The lowest BCUT2D eigenvalue weighted by molar-refractivity contribution is -0.242. The minimum absolute atomic E-state index is 0.296. The lowest BCUT2D eigenvalue weighted by atomic mass is 10.0. The molecule has 15 heteroatoms. The average molecular weight is 574 g/mol. The highest BCUT2D eigenvalue weighted by molar-refractivity contribution is 7.89. The second-order valence-corrected chi connectivity index (χ2v) is 10.6. The number of carbonyl (C=O) groups is 1. The molecule has 1 saturated heterocycles. The van der Waals surface area contributed by atoms with Crippen LogP contribution in [0.15, 0.2) is 76.5 Å². The molecular formula is C24H24F5N5O4S. The number of nitrogens with zero attached hydrogens (tertiary/aromatic N) is 4. The van der Waals surface area contributed by atoms with Gasteiger partial charge in [-0.1, -0.05) is 42.5 Å². The van der Waals surface area contributed by atoms with E-state index in [1.54, 1.807) is 24.3 Å². The molecule has 4 rings (SSSR count). The van der Waals surface area contributed by atoms with Crippen molar-refractivity contribution in [1.29, 1.82) is 0 Å². The first kappa shape index (κ1) is 28.6. The van der Waals surface area contributed by atoms with E-state index in [1.807, 2.05) is 0 Å². The van der Waals surface area contributed by atoms with Crippen molar-refractivity contribution in [3.8, 4) is 0 Å². The molecule has 2 aliphatic rings. The summed E-state index contributed by atoms with van der Waals surface area (Å²) in [6.45, 7) is 1.95. The van der Waals surface area contributed by atoms with E-state index >= 15 is 0 Å². The van der Waals surface area contributed by atoms with Crippen LogP contribution >= 0.6 is 0 Å². The number of hydrogen-bond acceptors (Lipinski definition) is 8. The van der Waals surface area contributed by atoms with Crippen LogP contribution < -0.4 is 5.32 Å². The van der Waals surface area contributed by atoms with Gasteiger partial charge in [0.1, 0.15) is 0 Å². The van der Waals surface area contributed by atoms with Gasteiger partial charge in [-0.2, -0.15) is 26.9 Å². The fraction of sp³-hybridized carbons (Fsp3) is 0.333. The molecule has 1 N–H and O–H groups in total. The van der Waals surface area contributed by atoms with Gasteiger partial charge in [0.05, 0.1) is 4.90 Å². The summed E-state index contributed by atoms with van der Waals surface area (Å²) in [6, 6.07) is 12.9. The molecule has 9 nitrogen and oxygen atoms in total. The second kappa shape index (κ2) is 11.0. The van der Waals surface area contributed by atoms with Crippen molar-refractivity contribution in [2.75, 3.05) is 20.1 Å². The molecule has 0 radical (unpaired) electrons. The van der Waals surface area contributed by atoms with Crippen LogP contribution in [0.4, 0.5) is 22.0 Å². The Kier molecular flexibility index (Phi) is 8.07. The Balaban J connectivity index is 1.82. The molecule has 0 amide bonds. The average Bonchev–Trinajstić information content (AvgIpc) is 2.86. The van der Waals surface area contributed by atoms with Crippen molar-refractivity contribution in [3.63, 3.8) is 0 Å². The summed E-state index contributed by atoms with van der Waals surface area (Å²) in [4.78, 5) is 21.3. The molecule has 0 spiro atoms. The number of likely N-dealkylation sites (tertiary alicyclic amines) is 1. The van der Waals surface area contributed by atoms with Gasteiger partial charge in [-0.05, 0) is 42.8 Å². The maximum atomic E-state index is 14.8. The normalized spacial score (nSPS) is 20.3. The van der Waals surface area contributed by atoms with Crippen LogP contribution in [0.1, 0.15) is 17.5 Å². The smallest absolute Gasteiger partial charge is 0.341 e. The van der Waals surface area contributed by atoms with Crippen LogP contribution in [-0.4, -0.2) is 66.8 Å². The zero-order chi connectivity index (χ0) is 28.4.